The normalized spacial score (nSPS) is 24.3. The summed E-state index contributed by atoms with van der Waals surface area (Å²) in [7, 11) is 0. The number of aryl methyl sites for hydroxylation is 1. The van der Waals surface area contributed by atoms with Crippen LogP contribution in [0.4, 0.5) is 5.69 Å². The molecule has 2 heterocycles. The van der Waals surface area contributed by atoms with Crippen LogP contribution in [0.15, 0.2) is 18.2 Å². The average molecular weight is 289 g/mol. The standard InChI is InChI=1S/C15H19N3O3/c19-13-8-16-6-11(13)7-17-15(21)10-1-3-12-9(5-10)2-4-14(20)18-12/h1,3,5,11,13,16,19H,2,4,6-8H2,(H,17,21)(H,18,20). The van der Waals surface area contributed by atoms with Crippen LogP contribution in [0.2, 0.25) is 0 Å². The van der Waals surface area contributed by atoms with Crippen LogP contribution in [0.1, 0.15) is 22.3 Å². The van der Waals surface area contributed by atoms with Gasteiger partial charge in [-0.05, 0) is 30.2 Å². The molecule has 0 radical (unpaired) electrons. The number of aliphatic hydroxyl groups is 1. The molecule has 0 aromatic heterocycles. The fourth-order valence-electron chi connectivity index (χ4n) is 2.78. The van der Waals surface area contributed by atoms with Gasteiger partial charge in [0.15, 0.2) is 0 Å². The molecule has 0 bridgehead atoms. The van der Waals surface area contributed by atoms with Gasteiger partial charge in [-0.15, -0.1) is 0 Å². The van der Waals surface area contributed by atoms with Gasteiger partial charge in [-0.3, -0.25) is 9.59 Å². The van der Waals surface area contributed by atoms with Crippen LogP contribution in [-0.4, -0.2) is 42.7 Å². The van der Waals surface area contributed by atoms with Gasteiger partial charge in [0, 0.05) is 43.2 Å². The Balaban J connectivity index is 1.63. The van der Waals surface area contributed by atoms with Crippen molar-refractivity contribution in [3.8, 4) is 0 Å². The van der Waals surface area contributed by atoms with Crippen molar-refractivity contribution in [2.24, 2.45) is 5.92 Å². The molecule has 3 rings (SSSR count). The summed E-state index contributed by atoms with van der Waals surface area (Å²) >= 11 is 0. The molecular formula is C15H19N3O3. The maximum absolute atomic E-state index is 12.2. The van der Waals surface area contributed by atoms with Gasteiger partial charge < -0.3 is 21.1 Å². The van der Waals surface area contributed by atoms with Gasteiger partial charge in [0.2, 0.25) is 5.91 Å². The fraction of sp³-hybridized carbons (Fsp3) is 0.467. The van der Waals surface area contributed by atoms with E-state index in [0.717, 1.165) is 17.8 Å². The molecule has 6 heteroatoms. The molecule has 21 heavy (non-hydrogen) atoms. The first-order chi connectivity index (χ1) is 10.1. The first kappa shape index (κ1) is 14.0. The Morgan fingerprint density at radius 1 is 1.33 bits per heavy atom. The Morgan fingerprint density at radius 2 is 2.19 bits per heavy atom. The number of amides is 2. The second-order valence-corrected chi connectivity index (χ2v) is 5.62. The highest BCUT2D eigenvalue weighted by Gasteiger charge is 2.25. The molecule has 112 valence electrons. The molecule has 6 nitrogen and oxygen atoms in total. The average Bonchev–Trinajstić information content (AvgIpc) is 2.89. The lowest BCUT2D eigenvalue weighted by Gasteiger charge is -2.18. The maximum Gasteiger partial charge on any atom is 0.251 e. The van der Waals surface area contributed by atoms with E-state index in [9.17, 15) is 14.7 Å². The van der Waals surface area contributed by atoms with Crippen molar-refractivity contribution >= 4 is 17.5 Å². The lowest BCUT2D eigenvalue weighted by atomic mass is 10.00. The molecule has 1 aromatic rings. The largest absolute Gasteiger partial charge is 0.391 e. The highest BCUT2D eigenvalue weighted by Crippen LogP contribution is 2.23. The second kappa shape index (κ2) is 5.83. The van der Waals surface area contributed by atoms with Gasteiger partial charge in [-0.1, -0.05) is 0 Å². The van der Waals surface area contributed by atoms with Gasteiger partial charge in [0.1, 0.15) is 0 Å². The third-order valence-electron chi connectivity index (χ3n) is 4.09. The zero-order valence-electron chi connectivity index (χ0n) is 11.7. The Bertz CT molecular complexity index is 573. The van der Waals surface area contributed by atoms with Crippen molar-refractivity contribution in [2.45, 2.75) is 18.9 Å². The number of hydrogen-bond acceptors (Lipinski definition) is 4. The third-order valence-corrected chi connectivity index (χ3v) is 4.09. The summed E-state index contributed by atoms with van der Waals surface area (Å²) in [5.41, 5.74) is 2.37. The molecule has 2 atom stereocenters. The summed E-state index contributed by atoms with van der Waals surface area (Å²) in [4.78, 5) is 23.5. The van der Waals surface area contributed by atoms with Crippen LogP contribution in [0.3, 0.4) is 0 Å². The number of β-amino-alcohol motifs (C(OH)–C–C–N with tert-alkyl or cyclic N) is 1. The van der Waals surface area contributed by atoms with E-state index < -0.39 is 6.10 Å². The molecule has 4 N–H and O–H groups in total. The summed E-state index contributed by atoms with van der Waals surface area (Å²) in [5, 5.41) is 18.4. The lowest BCUT2D eigenvalue weighted by molar-refractivity contribution is -0.116. The summed E-state index contributed by atoms with van der Waals surface area (Å²) in [5.74, 6) is -0.0675. The first-order valence-electron chi connectivity index (χ1n) is 7.23. The molecule has 1 aromatic carbocycles. The van der Waals surface area contributed by atoms with E-state index in [1.165, 1.54) is 0 Å². The van der Waals surface area contributed by atoms with Gasteiger partial charge in [0.25, 0.3) is 5.91 Å². The highest BCUT2D eigenvalue weighted by molar-refractivity contribution is 5.97. The van der Waals surface area contributed by atoms with E-state index in [1.807, 2.05) is 6.07 Å². The fourth-order valence-corrected chi connectivity index (χ4v) is 2.78. The summed E-state index contributed by atoms with van der Waals surface area (Å²) in [6, 6.07) is 5.31. The van der Waals surface area contributed by atoms with Gasteiger partial charge in [-0.25, -0.2) is 0 Å². The van der Waals surface area contributed by atoms with Crippen LogP contribution in [-0.2, 0) is 11.2 Å². The molecular weight excluding hydrogens is 270 g/mol. The van der Waals surface area contributed by atoms with Gasteiger partial charge in [-0.2, -0.15) is 0 Å². The Morgan fingerprint density at radius 3 is 2.95 bits per heavy atom. The number of rotatable bonds is 3. The minimum Gasteiger partial charge on any atom is -0.391 e. The first-order valence-corrected chi connectivity index (χ1v) is 7.23. The number of fused-ring (bicyclic) bond motifs is 1. The Kier molecular flexibility index (Phi) is 3.90. The smallest absolute Gasteiger partial charge is 0.251 e. The number of nitrogens with one attached hydrogen (secondary N) is 3. The quantitative estimate of drug-likeness (QED) is 0.624. The van der Waals surface area contributed by atoms with Crippen LogP contribution < -0.4 is 16.0 Å². The molecule has 1 fully saturated rings. The number of carbonyl (C=O) groups is 2. The maximum atomic E-state index is 12.2. The van der Waals surface area contributed by atoms with Gasteiger partial charge in [0.05, 0.1) is 6.10 Å². The zero-order chi connectivity index (χ0) is 14.8. The molecule has 1 saturated heterocycles. The van der Waals surface area contributed by atoms with Crippen molar-refractivity contribution in [3.05, 3.63) is 29.3 Å². The van der Waals surface area contributed by atoms with E-state index in [4.69, 9.17) is 0 Å². The van der Waals surface area contributed by atoms with E-state index in [1.54, 1.807) is 12.1 Å². The zero-order valence-corrected chi connectivity index (χ0v) is 11.7. The van der Waals surface area contributed by atoms with E-state index >= 15 is 0 Å². The number of benzene rings is 1. The topological polar surface area (TPSA) is 90.5 Å². The molecule has 2 aliphatic rings. The molecule has 2 aliphatic heterocycles. The predicted octanol–water partition coefficient (Wildman–Crippen LogP) is -0.119. The van der Waals surface area contributed by atoms with Crippen LogP contribution in [0, 0.1) is 5.92 Å². The van der Waals surface area contributed by atoms with Crippen molar-refractivity contribution in [2.75, 3.05) is 25.0 Å². The van der Waals surface area contributed by atoms with E-state index in [2.05, 4.69) is 16.0 Å². The number of carbonyl (C=O) groups excluding carboxylic acids is 2. The minimum absolute atomic E-state index is 0.0161. The lowest BCUT2D eigenvalue weighted by Crippen LogP contribution is -2.34. The SMILES string of the molecule is O=C1CCc2cc(C(=O)NCC3CNCC3O)ccc2N1. The summed E-state index contributed by atoms with van der Waals surface area (Å²) in [6.07, 6.45) is 0.718. The number of anilines is 1. The van der Waals surface area contributed by atoms with Crippen LogP contribution in [0.25, 0.3) is 0 Å². The van der Waals surface area contributed by atoms with Crippen molar-refractivity contribution in [1.29, 1.82) is 0 Å². The monoisotopic (exact) mass is 289 g/mol. The minimum atomic E-state index is -0.399. The van der Waals surface area contributed by atoms with E-state index in [-0.39, 0.29) is 17.7 Å². The molecule has 2 unspecified atom stereocenters. The second-order valence-electron chi connectivity index (χ2n) is 5.62. The molecule has 2 amide bonds. The molecule has 0 aliphatic carbocycles. The van der Waals surface area contributed by atoms with Crippen LogP contribution >= 0.6 is 0 Å². The Labute approximate surface area is 122 Å². The highest BCUT2D eigenvalue weighted by atomic mass is 16.3. The molecule has 0 saturated carbocycles. The van der Waals surface area contributed by atoms with Crippen molar-refractivity contribution in [3.63, 3.8) is 0 Å². The molecule has 0 spiro atoms. The Hall–Kier alpha value is -1.92. The summed E-state index contributed by atoms with van der Waals surface area (Å²) in [6.45, 7) is 1.76. The predicted molar refractivity (Wildman–Crippen MR) is 78.1 cm³/mol. The third kappa shape index (κ3) is 3.06. The van der Waals surface area contributed by atoms with E-state index in [0.29, 0.717) is 31.5 Å². The summed E-state index contributed by atoms with van der Waals surface area (Å²) < 4.78 is 0. The number of aliphatic hydroxyl groups excluding tert-OH is 1. The van der Waals surface area contributed by atoms with Gasteiger partial charge >= 0.3 is 0 Å². The van der Waals surface area contributed by atoms with Crippen molar-refractivity contribution < 1.29 is 14.7 Å². The number of hydrogen-bond donors (Lipinski definition) is 4. The van der Waals surface area contributed by atoms with Crippen LogP contribution in [0.5, 0.6) is 0 Å². The van der Waals surface area contributed by atoms with Crippen molar-refractivity contribution in [1.82, 2.24) is 10.6 Å².